The minimum atomic E-state index is -0.877. The first-order valence-electron chi connectivity index (χ1n) is 5.31. The Balaban J connectivity index is 2.09. The van der Waals surface area contributed by atoms with Gasteiger partial charge in [-0.05, 0) is 24.6 Å². The van der Waals surface area contributed by atoms with E-state index >= 15 is 0 Å². The first-order valence-corrected chi connectivity index (χ1v) is 5.69. The van der Waals surface area contributed by atoms with Gasteiger partial charge in [-0.1, -0.05) is 0 Å². The molecular weight excluding hydrogens is 244 g/mol. The van der Waals surface area contributed by atoms with E-state index in [0.717, 1.165) is 5.82 Å². The highest BCUT2D eigenvalue weighted by molar-refractivity contribution is 6.28. The fourth-order valence-corrected chi connectivity index (χ4v) is 2.10. The fourth-order valence-electron chi connectivity index (χ4n) is 1.95. The van der Waals surface area contributed by atoms with E-state index in [4.69, 9.17) is 16.7 Å². The maximum atomic E-state index is 10.9. The van der Waals surface area contributed by atoms with Crippen LogP contribution in [0.4, 0.5) is 10.6 Å². The van der Waals surface area contributed by atoms with Crippen molar-refractivity contribution in [3.8, 4) is 0 Å². The summed E-state index contributed by atoms with van der Waals surface area (Å²) < 4.78 is 0. The third kappa shape index (κ3) is 2.58. The Morgan fingerprint density at radius 2 is 2.35 bits per heavy atom. The lowest BCUT2D eigenvalue weighted by Gasteiger charge is -2.38. The number of carbonyl (C=O) groups is 1. The van der Waals surface area contributed by atoms with Crippen LogP contribution < -0.4 is 4.90 Å². The molecule has 2 rings (SSSR count). The maximum Gasteiger partial charge on any atom is 0.407 e. The molecule has 1 aromatic rings. The number of hydrogen-bond acceptors (Lipinski definition) is 4. The van der Waals surface area contributed by atoms with Crippen molar-refractivity contribution in [3.63, 3.8) is 0 Å². The van der Waals surface area contributed by atoms with Gasteiger partial charge in [0.25, 0.3) is 0 Å². The predicted octanol–water partition coefficient (Wildman–Crippen LogP) is 1.32. The van der Waals surface area contributed by atoms with Gasteiger partial charge in [0.1, 0.15) is 5.82 Å². The molecule has 17 heavy (non-hydrogen) atoms. The highest BCUT2D eigenvalue weighted by Crippen LogP contribution is 2.17. The van der Waals surface area contributed by atoms with Gasteiger partial charge in [0.05, 0.1) is 0 Å². The van der Waals surface area contributed by atoms with Gasteiger partial charge in [-0.2, -0.15) is 0 Å². The molecule has 0 aliphatic carbocycles. The third-order valence-electron chi connectivity index (χ3n) is 2.81. The number of rotatable bonds is 1. The summed E-state index contributed by atoms with van der Waals surface area (Å²) in [5.41, 5.74) is 0. The predicted molar refractivity (Wildman–Crippen MR) is 63.4 cm³/mol. The van der Waals surface area contributed by atoms with E-state index in [2.05, 4.69) is 9.97 Å². The number of aromatic nitrogens is 2. The molecule has 2 heterocycles. The highest BCUT2D eigenvalue weighted by Gasteiger charge is 2.27. The summed E-state index contributed by atoms with van der Waals surface area (Å²) >= 11 is 5.73. The Morgan fingerprint density at radius 1 is 1.59 bits per heavy atom. The molecule has 0 saturated carbocycles. The largest absolute Gasteiger partial charge is 0.465 e. The van der Waals surface area contributed by atoms with Gasteiger partial charge in [0, 0.05) is 31.9 Å². The van der Waals surface area contributed by atoms with E-state index in [-0.39, 0.29) is 11.3 Å². The summed E-state index contributed by atoms with van der Waals surface area (Å²) in [6, 6.07) is 1.71. The molecule has 7 heteroatoms. The van der Waals surface area contributed by atoms with Crippen molar-refractivity contribution in [1.29, 1.82) is 0 Å². The van der Waals surface area contributed by atoms with Crippen LogP contribution in [-0.4, -0.2) is 51.7 Å². The summed E-state index contributed by atoms with van der Waals surface area (Å²) in [7, 11) is 0. The summed E-state index contributed by atoms with van der Waals surface area (Å²) in [4.78, 5) is 22.3. The quantitative estimate of drug-likeness (QED) is 0.768. The molecule has 0 aromatic carbocycles. The molecule has 1 N–H and O–H groups in total. The number of amides is 1. The topological polar surface area (TPSA) is 69.6 Å². The summed E-state index contributed by atoms with van der Waals surface area (Å²) in [5.74, 6) is 0.738. The van der Waals surface area contributed by atoms with Gasteiger partial charge >= 0.3 is 6.09 Å². The van der Waals surface area contributed by atoms with E-state index in [1.54, 1.807) is 12.3 Å². The molecule has 1 atom stereocenters. The Kier molecular flexibility index (Phi) is 3.33. The maximum absolute atomic E-state index is 10.9. The first kappa shape index (κ1) is 11.9. The van der Waals surface area contributed by atoms with Crippen molar-refractivity contribution >= 4 is 23.5 Å². The zero-order valence-electron chi connectivity index (χ0n) is 9.38. The van der Waals surface area contributed by atoms with Crippen LogP contribution in [0.1, 0.15) is 6.92 Å². The van der Waals surface area contributed by atoms with E-state index in [9.17, 15) is 4.79 Å². The standard InChI is InChI=1S/C10H13ClN4O2/c1-7-6-14(4-5-15(7)10(16)17)8-2-3-12-9(11)13-8/h2-3,7H,4-6H2,1H3,(H,16,17). The molecule has 0 radical (unpaired) electrons. The molecule has 1 saturated heterocycles. The van der Waals surface area contributed by atoms with Gasteiger partial charge in [0.2, 0.25) is 5.28 Å². The van der Waals surface area contributed by atoms with Crippen molar-refractivity contribution in [1.82, 2.24) is 14.9 Å². The van der Waals surface area contributed by atoms with E-state index in [1.807, 2.05) is 11.8 Å². The van der Waals surface area contributed by atoms with Crippen LogP contribution in [0.3, 0.4) is 0 Å². The minimum Gasteiger partial charge on any atom is -0.465 e. The number of piperazine rings is 1. The van der Waals surface area contributed by atoms with Gasteiger partial charge in [-0.15, -0.1) is 0 Å². The Morgan fingerprint density at radius 3 is 2.94 bits per heavy atom. The van der Waals surface area contributed by atoms with Crippen LogP contribution in [0.2, 0.25) is 5.28 Å². The van der Waals surface area contributed by atoms with Gasteiger partial charge in [0.15, 0.2) is 0 Å². The Bertz CT molecular complexity index is 429. The van der Waals surface area contributed by atoms with Crippen LogP contribution in [0, 0.1) is 0 Å². The summed E-state index contributed by atoms with van der Waals surface area (Å²) in [6.07, 6.45) is 0.719. The minimum absolute atomic E-state index is 0.0602. The molecular formula is C10H13ClN4O2. The van der Waals surface area contributed by atoms with E-state index in [1.165, 1.54) is 4.90 Å². The second-order valence-corrected chi connectivity index (χ2v) is 4.29. The van der Waals surface area contributed by atoms with Gasteiger partial charge < -0.3 is 14.9 Å². The van der Waals surface area contributed by atoms with E-state index in [0.29, 0.717) is 19.6 Å². The smallest absolute Gasteiger partial charge is 0.407 e. The molecule has 1 amide bonds. The van der Waals surface area contributed by atoms with Crippen molar-refractivity contribution in [2.75, 3.05) is 24.5 Å². The fraction of sp³-hybridized carbons (Fsp3) is 0.500. The number of halogens is 1. The molecule has 1 fully saturated rings. The van der Waals surface area contributed by atoms with Gasteiger partial charge in [-0.25, -0.2) is 14.8 Å². The first-order chi connectivity index (χ1) is 8.08. The number of anilines is 1. The monoisotopic (exact) mass is 256 g/mol. The molecule has 92 valence electrons. The Hall–Kier alpha value is -1.56. The molecule has 1 aliphatic rings. The van der Waals surface area contributed by atoms with Crippen molar-refractivity contribution in [2.24, 2.45) is 0 Å². The molecule has 1 aromatic heterocycles. The molecule has 0 spiro atoms. The van der Waals surface area contributed by atoms with Crippen LogP contribution >= 0.6 is 11.6 Å². The van der Waals surface area contributed by atoms with Crippen LogP contribution in [0.25, 0.3) is 0 Å². The van der Waals surface area contributed by atoms with Crippen LogP contribution in [0.15, 0.2) is 12.3 Å². The van der Waals surface area contributed by atoms with Gasteiger partial charge in [-0.3, -0.25) is 0 Å². The summed E-state index contributed by atoms with van der Waals surface area (Å²) in [5, 5.41) is 9.17. The lowest BCUT2D eigenvalue weighted by Crippen LogP contribution is -2.53. The zero-order chi connectivity index (χ0) is 12.4. The van der Waals surface area contributed by atoms with Crippen LogP contribution in [0.5, 0.6) is 0 Å². The lowest BCUT2D eigenvalue weighted by atomic mass is 10.2. The molecule has 6 nitrogen and oxygen atoms in total. The molecule has 1 unspecified atom stereocenters. The second-order valence-electron chi connectivity index (χ2n) is 3.95. The average Bonchev–Trinajstić information content (AvgIpc) is 2.28. The Labute approximate surface area is 104 Å². The lowest BCUT2D eigenvalue weighted by molar-refractivity contribution is 0.122. The number of carboxylic acid groups (broad SMARTS) is 1. The van der Waals surface area contributed by atoms with E-state index < -0.39 is 6.09 Å². The second kappa shape index (κ2) is 4.75. The molecule has 0 bridgehead atoms. The highest BCUT2D eigenvalue weighted by atomic mass is 35.5. The summed E-state index contributed by atoms with van der Waals surface area (Å²) in [6.45, 7) is 3.57. The number of hydrogen-bond donors (Lipinski definition) is 1. The van der Waals surface area contributed by atoms with Crippen molar-refractivity contribution < 1.29 is 9.90 Å². The third-order valence-corrected chi connectivity index (χ3v) is 2.99. The molecule has 1 aliphatic heterocycles. The van der Waals surface area contributed by atoms with Crippen LogP contribution in [-0.2, 0) is 0 Å². The zero-order valence-corrected chi connectivity index (χ0v) is 10.1. The number of nitrogens with zero attached hydrogens (tertiary/aromatic N) is 4. The SMILES string of the molecule is CC1CN(c2ccnc(Cl)n2)CCN1C(=O)O. The van der Waals surface area contributed by atoms with Crippen molar-refractivity contribution in [3.05, 3.63) is 17.5 Å². The normalized spacial score (nSPS) is 20.5. The average molecular weight is 257 g/mol. The van der Waals surface area contributed by atoms with Crippen molar-refractivity contribution in [2.45, 2.75) is 13.0 Å².